The maximum atomic E-state index is 11.6. The number of carbonyl (C=O) groups excluding carboxylic acids is 1. The lowest BCUT2D eigenvalue weighted by Gasteiger charge is -2.23. The molecule has 0 saturated heterocycles. The van der Waals surface area contributed by atoms with Gasteiger partial charge < -0.3 is 14.7 Å². The van der Waals surface area contributed by atoms with Crippen LogP contribution in [0.3, 0.4) is 0 Å². The predicted molar refractivity (Wildman–Crippen MR) is 60.1 cm³/mol. The van der Waals surface area contributed by atoms with Crippen LogP contribution in [0, 0.1) is 5.92 Å². The van der Waals surface area contributed by atoms with Crippen molar-refractivity contribution in [2.75, 3.05) is 19.7 Å². The summed E-state index contributed by atoms with van der Waals surface area (Å²) in [5, 5.41) is 8.76. The maximum Gasteiger partial charge on any atom is 0.308 e. The Morgan fingerprint density at radius 2 is 1.88 bits per heavy atom. The summed E-state index contributed by atoms with van der Waals surface area (Å²) in [6.07, 6.45) is -0.000414. The summed E-state index contributed by atoms with van der Waals surface area (Å²) in [4.78, 5) is 23.8. The van der Waals surface area contributed by atoms with E-state index in [9.17, 15) is 9.59 Å². The smallest absolute Gasteiger partial charge is 0.308 e. The quantitative estimate of drug-likeness (QED) is 0.709. The second kappa shape index (κ2) is 7.22. The van der Waals surface area contributed by atoms with Crippen LogP contribution in [0.25, 0.3) is 0 Å². The van der Waals surface area contributed by atoms with Crippen molar-refractivity contribution in [3.05, 3.63) is 0 Å². The third-order valence-corrected chi connectivity index (χ3v) is 2.19. The Balaban J connectivity index is 4.16. The number of hydrogen-bond donors (Lipinski definition) is 1. The first kappa shape index (κ1) is 14.9. The second-order valence-electron chi connectivity index (χ2n) is 4.03. The molecule has 1 atom stereocenters. The largest absolute Gasteiger partial charge is 0.481 e. The molecule has 5 nitrogen and oxygen atoms in total. The number of likely N-dealkylation sites (N-methyl/N-ethyl adjacent to an activating group) is 1. The number of rotatable bonds is 7. The fourth-order valence-electron chi connectivity index (χ4n) is 1.15. The average molecular weight is 231 g/mol. The Morgan fingerprint density at radius 3 is 2.25 bits per heavy atom. The van der Waals surface area contributed by atoms with Crippen LogP contribution in [0.1, 0.15) is 27.7 Å². The van der Waals surface area contributed by atoms with Crippen molar-refractivity contribution in [1.82, 2.24) is 4.90 Å². The van der Waals surface area contributed by atoms with Crippen LogP contribution >= 0.6 is 0 Å². The Morgan fingerprint density at radius 1 is 1.31 bits per heavy atom. The number of amides is 1. The van der Waals surface area contributed by atoms with E-state index in [1.54, 1.807) is 6.92 Å². The normalized spacial score (nSPS) is 12.6. The topological polar surface area (TPSA) is 66.8 Å². The second-order valence-corrected chi connectivity index (χ2v) is 4.03. The van der Waals surface area contributed by atoms with Crippen LogP contribution in [-0.4, -0.2) is 47.7 Å². The first-order chi connectivity index (χ1) is 7.38. The number of nitrogens with zero attached hydrogens (tertiary/aromatic N) is 1. The first-order valence-corrected chi connectivity index (χ1v) is 5.50. The maximum absolute atomic E-state index is 11.6. The van der Waals surface area contributed by atoms with E-state index in [1.165, 1.54) is 4.90 Å². The molecule has 0 rings (SSSR count). The minimum Gasteiger partial charge on any atom is -0.481 e. The average Bonchev–Trinajstić information content (AvgIpc) is 2.21. The van der Waals surface area contributed by atoms with Crippen molar-refractivity contribution >= 4 is 11.9 Å². The van der Waals surface area contributed by atoms with Gasteiger partial charge in [-0.3, -0.25) is 9.59 Å². The molecule has 5 heteroatoms. The molecule has 0 aromatic carbocycles. The van der Waals surface area contributed by atoms with Crippen LogP contribution in [0.4, 0.5) is 0 Å². The van der Waals surface area contributed by atoms with Crippen LogP contribution in [0.5, 0.6) is 0 Å². The molecule has 94 valence electrons. The molecule has 0 bridgehead atoms. The van der Waals surface area contributed by atoms with Crippen LogP contribution in [-0.2, 0) is 14.3 Å². The Bertz CT molecular complexity index is 240. The molecule has 0 fully saturated rings. The zero-order chi connectivity index (χ0) is 12.7. The number of aliphatic carboxylic acids is 1. The van der Waals surface area contributed by atoms with Gasteiger partial charge >= 0.3 is 5.97 Å². The van der Waals surface area contributed by atoms with E-state index in [4.69, 9.17) is 9.84 Å². The number of carboxylic acids is 1. The summed E-state index contributed by atoms with van der Waals surface area (Å²) in [7, 11) is 0. The SMILES string of the molecule is CCN(CC(C)C(=O)O)C(=O)COC(C)C. The van der Waals surface area contributed by atoms with Gasteiger partial charge in [-0.05, 0) is 20.8 Å². The third kappa shape index (κ3) is 5.70. The molecule has 0 radical (unpaired) electrons. The standard InChI is InChI=1S/C11H21NO4/c1-5-12(6-9(4)11(14)15)10(13)7-16-8(2)3/h8-9H,5-7H2,1-4H3,(H,14,15). The van der Waals surface area contributed by atoms with Crippen molar-refractivity contribution in [1.29, 1.82) is 0 Å². The van der Waals surface area contributed by atoms with E-state index in [0.29, 0.717) is 6.54 Å². The molecule has 0 aliphatic rings. The van der Waals surface area contributed by atoms with E-state index in [1.807, 2.05) is 20.8 Å². The van der Waals surface area contributed by atoms with Gasteiger partial charge in [-0.25, -0.2) is 0 Å². The summed E-state index contributed by atoms with van der Waals surface area (Å²) in [5.41, 5.74) is 0. The molecule has 0 aromatic rings. The highest BCUT2D eigenvalue weighted by atomic mass is 16.5. The summed E-state index contributed by atoms with van der Waals surface area (Å²) < 4.78 is 5.19. The highest BCUT2D eigenvalue weighted by Gasteiger charge is 2.19. The molecular weight excluding hydrogens is 210 g/mol. The zero-order valence-corrected chi connectivity index (χ0v) is 10.4. The Kier molecular flexibility index (Phi) is 6.72. The predicted octanol–water partition coefficient (Wildman–Crippen LogP) is 0.981. The number of carbonyl (C=O) groups is 2. The summed E-state index contributed by atoms with van der Waals surface area (Å²) in [6, 6.07) is 0. The van der Waals surface area contributed by atoms with E-state index < -0.39 is 11.9 Å². The Hall–Kier alpha value is -1.10. The third-order valence-electron chi connectivity index (χ3n) is 2.19. The highest BCUT2D eigenvalue weighted by molar-refractivity contribution is 5.78. The van der Waals surface area contributed by atoms with Crippen LogP contribution in [0.15, 0.2) is 0 Å². The minimum atomic E-state index is -0.893. The van der Waals surface area contributed by atoms with E-state index in [0.717, 1.165) is 0 Å². The van der Waals surface area contributed by atoms with Crippen molar-refractivity contribution in [3.8, 4) is 0 Å². The molecule has 0 heterocycles. The first-order valence-electron chi connectivity index (χ1n) is 5.50. The van der Waals surface area contributed by atoms with Gasteiger partial charge in [0.2, 0.25) is 5.91 Å². The van der Waals surface area contributed by atoms with Crippen molar-refractivity contribution in [3.63, 3.8) is 0 Å². The number of carboxylic acid groups (broad SMARTS) is 1. The van der Waals surface area contributed by atoms with Gasteiger partial charge in [0.05, 0.1) is 12.0 Å². The Labute approximate surface area is 96.4 Å². The molecule has 1 unspecified atom stereocenters. The van der Waals surface area contributed by atoms with Gasteiger partial charge in [-0.1, -0.05) is 6.92 Å². The molecule has 0 aliphatic heterocycles. The minimum absolute atomic E-state index is 0.000414. The lowest BCUT2D eigenvalue weighted by atomic mass is 10.1. The number of ether oxygens (including phenoxy) is 1. The van der Waals surface area contributed by atoms with Gasteiger partial charge in [-0.2, -0.15) is 0 Å². The van der Waals surface area contributed by atoms with Gasteiger partial charge in [0.25, 0.3) is 0 Å². The van der Waals surface area contributed by atoms with Gasteiger partial charge in [0.1, 0.15) is 6.61 Å². The van der Waals surface area contributed by atoms with Gasteiger partial charge in [0.15, 0.2) is 0 Å². The lowest BCUT2D eigenvalue weighted by molar-refractivity contribution is -0.144. The number of hydrogen-bond acceptors (Lipinski definition) is 3. The molecule has 0 spiro atoms. The molecular formula is C11H21NO4. The van der Waals surface area contributed by atoms with Gasteiger partial charge in [0, 0.05) is 13.1 Å². The van der Waals surface area contributed by atoms with Gasteiger partial charge in [-0.15, -0.1) is 0 Å². The monoisotopic (exact) mass is 231 g/mol. The molecule has 16 heavy (non-hydrogen) atoms. The molecule has 1 amide bonds. The van der Waals surface area contributed by atoms with Crippen molar-refractivity contribution < 1.29 is 19.4 Å². The summed E-state index contributed by atoms with van der Waals surface area (Å²) >= 11 is 0. The van der Waals surface area contributed by atoms with Crippen LogP contribution in [0.2, 0.25) is 0 Å². The summed E-state index contributed by atoms with van der Waals surface area (Å²) in [6.45, 7) is 7.85. The fraction of sp³-hybridized carbons (Fsp3) is 0.818. The molecule has 0 saturated carbocycles. The highest BCUT2D eigenvalue weighted by Crippen LogP contribution is 2.01. The van der Waals surface area contributed by atoms with Crippen molar-refractivity contribution in [2.45, 2.75) is 33.8 Å². The van der Waals surface area contributed by atoms with Crippen molar-refractivity contribution in [2.24, 2.45) is 5.92 Å². The summed E-state index contributed by atoms with van der Waals surface area (Å²) in [5.74, 6) is -1.61. The fourth-order valence-corrected chi connectivity index (χ4v) is 1.15. The molecule has 0 aromatic heterocycles. The molecule has 0 aliphatic carbocycles. The zero-order valence-electron chi connectivity index (χ0n) is 10.4. The van der Waals surface area contributed by atoms with E-state index >= 15 is 0 Å². The lowest BCUT2D eigenvalue weighted by Crippen LogP contribution is -2.39. The van der Waals surface area contributed by atoms with E-state index in [2.05, 4.69) is 0 Å². The van der Waals surface area contributed by atoms with Crippen LogP contribution < -0.4 is 0 Å². The molecule has 1 N–H and O–H groups in total. The van der Waals surface area contributed by atoms with E-state index in [-0.39, 0.29) is 25.2 Å².